The summed E-state index contributed by atoms with van der Waals surface area (Å²) in [5.41, 5.74) is 0. The second-order valence-electron chi connectivity index (χ2n) is 5.95. The molecule has 5 heteroatoms. The Labute approximate surface area is 120 Å². The molecule has 0 radical (unpaired) electrons. The number of amides is 1. The SMILES string of the molecule is CC(=O)CCC(=O)N1CCOCC1C1CCCCC1O. The Balaban J connectivity index is 2.00. The van der Waals surface area contributed by atoms with Gasteiger partial charge in [0.05, 0.1) is 25.4 Å². The Morgan fingerprint density at radius 3 is 2.70 bits per heavy atom. The third-order valence-corrected chi connectivity index (χ3v) is 4.45. The summed E-state index contributed by atoms with van der Waals surface area (Å²) in [5.74, 6) is 0.178. The van der Waals surface area contributed by atoms with E-state index in [0.29, 0.717) is 26.2 Å². The fraction of sp³-hybridized carbons (Fsp3) is 0.867. The molecule has 0 aromatic carbocycles. The van der Waals surface area contributed by atoms with Crippen LogP contribution in [0.2, 0.25) is 0 Å². The van der Waals surface area contributed by atoms with Gasteiger partial charge in [0.15, 0.2) is 0 Å². The number of hydrogen-bond acceptors (Lipinski definition) is 4. The van der Waals surface area contributed by atoms with Gasteiger partial charge >= 0.3 is 0 Å². The maximum absolute atomic E-state index is 12.3. The van der Waals surface area contributed by atoms with Crippen LogP contribution >= 0.6 is 0 Å². The molecule has 1 N–H and O–H groups in total. The monoisotopic (exact) mass is 283 g/mol. The fourth-order valence-corrected chi connectivity index (χ4v) is 3.30. The van der Waals surface area contributed by atoms with Gasteiger partial charge in [-0.3, -0.25) is 4.79 Å². The second kappa shape index (κ2) is 7.18. The number of nitrogens with zero attached hydrogens (tertiary/aromatic N) is 1. The molecule has 1 heterocycles. The first-order valence-corrected chi connectivity index (χ1v) is 7.64. The Bertz CT molecular complexity index is 358. The highest BCUT2D eigenvalue weighted by Crippen LogP contribution is 2.31. The molecule has 1 saturated carbocycles. The van der Waals surface area contributed by atoms with Gasteiger partial charge in [-0.25, -0.2) is 0 Å². The van der Waals surface area contributed by atoms with Crippen molar-refractivity contribution in [3.8, 4) is 0 Å². The van der Waals surface area contributed by atoms with Crippen LogP contribution in [0, 0.1) is 5.92 Å². The average Bonchev–Trinajstić information content (AvgIpc) is 2.45. The number of morpholine rings is 1. The van der Waals surface area contributed by atoms with E-state index in [4.69, 9.17) is 4.74 Å². The van der Waals surface area contributed by atoms with Crippen LogP contribution in [0.5, 0.6) is 0 Å². The molecule has 0 aromatic rings. The van der Waals surface area contributed by atoms with Crippen LogP contribution < -0.4 is 0 Å². The number of carbonyl (C=O) groups excluding carboxylic acids is 2. The Morgan fingerprint density at radius 1 is 1.25 bits per heavy atom. The van der Waals surface area contributed by atoms with Gasteiger partial charge in [-0.2, -0.15) is 0 Å². The minimum absolute atomic E-state index is 0.0197. The zero-order valence-electron chi connectivity index (χ0n) is 12.2. The minimum atomic E-state index is -0.335. The number of aliphatic hydroxyl groups excluding tert-OH is 1. The van der Waals surface area contributed by atoms with Crippen LogP contribution in [0.15, 0.2) is 0 Å². The zero-order chi connectivity index (χ0) is 14.5. The van der Waals surface area contributed by atoms with Gasteiger partial charge in [0.25, 0.3) is 0 Å². The molecule has 0 spiro atoms. The van der Waals surface area contributed by atoms with E-state index in [0.717, 1.165) is 25.7 Å². The van der Waals surface area contributed by atoms with Crippen molar-refractivity contribution in [1.29, 1.82) is 0 Å². The van der Waals surface area contributed by atoms with Gasteiger partial charge < -0.3 is 19.5 Å². The van der Waals surface area contributed by atoms with Crippen LogP contribution in [0.1, 0.15) is 45.4 Å². The summed E-state index contributed by atoms with van der Waals surface area (Å²) in [6.45, 7) is 3.14. The number of hydrogen-bond donors (Lipinski definition) is 1. The van der Waals surface area contributed by atoms with Gasteiger partial charge in [0, 0.05) is 25.3 Å². The van der Waals surface area contributed by atoms with Gasteiger partial charge in [0.1, 0.15) is 5.78 Å². The predicted molar refractivity (Wildman–Crippen MR) is 74.2 cm³/mol. The lowest BCUT2D eigenvalue weighted by Gasteiger charge is -2.43. The molecule has 1 aliphatic heterocycles. The van der Waals surface area contributed by atoms with E-state index in [1.807, 2.05) is 4.90 Å². The first-order chi connectivity index (χ1) is 9.59. The van der Waals surface area contributed by atoms with E-state index in [1.54, 1.807) is 0 Å². The maximum atomic E-state index is 12.3. The van der Waals surface area contributed by atoms with Crippen molar-refractivity contribution in [2.45, 2.75) is 57.6 Å². The molecular weight excluding hydrogens is 258 g/mol. The van der Waals surface area contributed by atoms with Crippen LogP contribution in [0.3, 0.4) is 0 Å². The first kappa shape index (κ1) is 15.4. The minimum Gasteiger partial charge on any atom is -0.393 e. The molecule has 2 rings (SSSR count). The van der Waals surface area contributed by atoms with Gasteiger partial charge in [-0.15, -0.1) is 0 Å². The normalized spacial score (nSPS) is 31.1. The highest BCUT2D eigenvalue weighted by Gasteiger charge is 2.37. The number of ketones is 1. The van der Waals surface area contributed by atoms with Crippen LogP contribution in [-0.4, -0.2) is 53.6 Å². The van der Waals surface area contributed by atoms with E-state index >= 15 is 0 Å². The van der Waals surface area contributed by atoms with E-state index < -0.39 is 0 Å². The second-order valence-corrected chi connectivity index (χ2v) is 5.95. The summed E-state index contributed by atoms with van der Waals surface area (Å²) in [5, 5.41) is 10.2. The van der Waals surface area contributed by atoms with E-state index in [9.17, 15) is 14.7 Å². The lowest BCUT2D eigenvalue weighted by atomic mass is 9.80. The lowest BCUT2D eigenvalue weighted by molar-refractivity contribution is -0.146. The smallest absolute Gasteiger partial charge is 0.223 e. The quantitative estimate of drug-likeness (QED) is 0.840. The standard InChI is InChI=1S/C15H25NO4/c1-11(17)6-7-15(19)16-8-9-20-10-13(16)12-4-2-3-5-14(12)18/h12-14,18H,2-10H2,1H3. The van der Waals surface area contributed by atoms with E-state index in [1.165, 1.54) is 6.92 Å². The van der Waals surface area contributed by atoms with E-state index in [-0.39, 0.29) is 36.2 Å². The Hall–Kier alpha value is -0.940. The molecule has 3 unspecified atom stereocenters. The molecule has 1 aliphatic carbocycles. The van der Waals surface area contributed by atoms with Gasteiger partial charge in [-0.1, -0.05) is 12.8 Å². The average molecular weight is 283 g/mol. The largest absolute Gasteiger partial charge is 0.393 e. The zero-order valence-corrected chi connectivity index (χ0v) is 12.2. The number of aliphatic hydroxyl groups is 1. The Kier molecular flexibility index (Phi) is 5.54. The molecule has 1 saturated heterocycles. The van der Waals surface area contributed by atoms with Crippen molar-refractivity contribution in [1.82, 2.24) is 4.90 Å². The van der Waals surface area contributed by atoms with Crippen molar-refractivity contribution < 1.29 is 19.4 Å². The number of ether oxygens (including phenoxy) is 1. The Morgan fingerprint density at radius 2 is 2.00 bits per heavy atom. The van der Waals surface area contributed by atoms with Crippen molar-refractivity contribution in [3.63, 3.8) is 0 Å². The number of carbonyl (C=O) groups is 2. The molecule has 2 fully saturated rings. The van der Waals surface area contributed by atoms with Gasteiger partial charge in [0.2, 0.25) is 5.91 Å². The first-order valence-electron chi connectivity index (χ1n) is 7.64. The molecule has 0 bridgehead atoms. The molecule has 114 valence electrons. The van der Waals surface area contributed by atoms with Crippen molar-refractivity contribution in [3.05, 3.63) is 0 Å². The predicted octanol–water partition coefficient (Wildman–Crippen LogP) is 1.13. The third kappa shape index (κ3) is 3.79. The van der Waals surface area contributed by atoms with Crippen molar-refractivity contribution in [2.75, 3.05) is 19.8 Å². The molecule has 1 amide bonds. The van der Waals surface area contributed by atoms with Crippen LogP contribution in [0.4, 0.5) is 0 Å². The fourth-order valence-electron chi connectivity index (χ4n) is 3.30. The maximum Gasteiger partial charge on any atom is 0.223 e. The highest BCUT2D eigenvalue weighted by atomic mass is 16.5. The van der Waals surface area contributed by atoms with Crippen LogP contribution in [0.25, 0.3) is 0 Å². The van der Waals surface area contributed by atoms with Gasteiger partial charge in [-0.05, 0) is 19.8 Å². The number of Topliss-reactive ketones (excluding diaryl/α,β-unsaturated/α-hetero) is 1. The van der Waals surface area contributed by atoms with E-state index in [2.05, 4.69) is 0 Å². The summed E-state index contributed by atoms with van der Waals surface area (Å²) in [7, 11) is 0. The molecular formula is C15H25NO4. The molecule has 0 aromatic heterocycles. The molecule has 3 atom stereocenters. The summed E-state index contributed by atoms with van der Waals surface area (Å²) in [6.07, 6.45) is 4.17. The van der Waals surface area contributed by atoms with Crippen molar-refractivity contribution >= 4 is 11.7 Å². The lowest BCUT2D eigenvalue weighted by Crippen LogP contribution is -2.55. The molecule has 2 aliphatic rings. The summed E-state index contributed by atoms with van der Waals surface area (Å²) in [4.78, 5) is 25.2. The molecule has 5 nitrogen and oxygen atoms in total. The summed E-state index contributed by atoms with van der Waals surface area (Å²) < 4.78 is 5.52. The van der Waals surface area contributed by atoms with Crippen molar-refractivity contribution in [2.24, 2.45) is 5.92 Å². The summed E-state index contributed by atoms with van der Waals surface area (Å²) in [6, 6.07) is -0.0292. The number of rotatable bonds is 4. The topological polar surface area (TPSA) is 66.8 Å². The van der Waals surface area contributed by atoms with Crippen LogP contribution in [-0.2, 0) is 14.3 Å². The highest BCUT2D eigenvalue weighted by molar-refractivity contribution is 5.83. The third-order valence-electron chi connectivity index (χ3n) is 4.45. The summed E-state index contributed by atoms with van der Waals surface area (Å²) >= 11 is 0. The molecule has 20 heavy (non-hydrogen) atoms.